The molecule has 1 aromatic carbocycles. The van der Waals surface area contributed by atoms with Crippen molar-refractivity contribution in [1.29, 1.82) is 5.41 Å². The highest BCUT2D eigenvalue weighted by Crippen LogP contribution is 2.21. The molecule has 1 N–H and O–H groups in total. The van der Waals surface area contributed by atoms with E-state index in [4.69, 9.17) is 10.1 Å². The van der Waals surface area contributed by atoms with Gasteiger partial charge in [0.25, 0.3) is 0 Å². The lowest BCUT2D eigenvalue weighted by Crippen LogP contribution is -2.23. The Morgan fingerprint density at radius 3 is 2.56 bits per heavy atom. The second kappa shape index (κ2) is 5.55. The van der Waals surface area contributed by atoms with Crippen molar-refractivity contribution < 1.29 is 9.47 Å². The number of nitrogens with zero attached hydrogens (tertiary/aromatic N) is 1. The van der Waals surface area contributed by atoms with Crippen LogP contribution < -0.4 is 9.47 Å². The summed E-state index contributed by atoms with van der Waals surface area (Å²) in [6, 6.07) is 10.5. The molecule has 92 valence electrons. The third-order valence-corrected chi connectivity index (χ3v) is 2.95. The molecule has 1 heterocycles. The molecular weight excluding hydrogens is 248 g/mol. The SMILES string of the molecule is CSC(=N)c1ccc(Oc2ccc[n+]([O-])c2)cc1. The lowest BCUT2D eigenvalue weighted by molar-refractivity contribution is -0.605. The minimum absolute atomic E-state index is 0.486. The van der Waals surface area contributed by atoms with Gasteiger partial charge >= 0.3 is 0 Å². The largest absolute Gasteiger partial charge is 0.619 e. The first-order valence-corrected chi connectivity index (χ1v) is 6.51. The second-order valence-electron chi connectivity index (χ2n) is 3.56. The molecule has 0 atom stereocenters. The van der Waals surface area contributed by atoms with Crippen LogP contribution in [-0.4, -0.2) is 11.3 Å². The highest BCUT2D eigenvalue weighted by atomic mass is 32.2. The summed E-state index contributed by atoms with van der Waals surface area (Å²) in [7, 11) is 0. The maximum atomic E-state index is 11.1. The number of hydrogen-bond donors (Lipinski definition) is 1. The highest BCUT2D eigenvalue weighted by Gasteiger charge is 2.03. The molecule has 1 aromatic heterocycles. The Hall–Kier alpha value is -2.01. The van der Waals surface area contributed by atoms with Crippen LogP contribution in [0.1, 0.15) is 5.56 Å². The van der Waals surface area contributed by atoms with Gasteiger partial charge in [-0.05, 0) is 36.6 Å². The maximum Gasteiger partial charge on any atom is 0.223 e. The summed E-state index contributed by atoms with van der Waals surface area (Å²) in [4.78, 5) is 0. The van der Waals surface area contributed by atoms with E-state index in [1.165, 1.54) is 24.2 Å². The van der Waals surface area contributed by atoms with Crippen LogP contribution in [0, 0.1) is 10.6 Å². The predicted octanol–water partition coefficient (Wildman–Crippen LogP) is 2.80. The van der Waals surface area contributed by atoms with Crippen LogP contribution in [-0.2, 0) is 0 Å². The van der Waals surface area contributed by atoms with Crippen LogP contribution >= 0.6 is 11.8 Å². The van der Waals surface area contributed by atoms with Crippen molar-refractivity contribution >= 4 is 16.8 Å². The molecule has 18 heavy (non-hydrogen) atoms. The molecular formula is C13H12N2O2S. The smallest absolute Gasteiger partial charge is 0.223 e. The summed E-state index contributed by atoms with van der Waals surface area (Å²) >= 11 is 1.39. The van der Waals surface area contributed by atoms with E-state index in [1.54, 1.807) is 24.3 Å². The van der Waals surface area contributed by atoms with Gasteiger partial charge in [0, 0.05) is 11.6 Å². The molecule has 0 fully saturated rings. The van der Waals surface area contributed by atoms with Gasteiger partial charge in [-0.2, -0.15) is 4.73 Å². The van der Waals surface area contributed by atoms with Crippen molar-refractivity contribution in [2.45, 2.75) is 0 Å². The third-order valence-electron chi connectivity index (χ3n) is 2.30. The molecule has 0 unspecified atom stereocenters. The van der Waals surface area contributed by atoms with Crippen LogP contribution in [0.4, 0.5) is 0 Å². The van der Waals surface area contributed by atoms with Gasteiger partial charge in [0.1, 0.15) is 5.75 Å². The Kier molecular flexibility index (Phi) is 3.84. The molecule has 0 radical (unpaired) electrons. The summed E-state index contributed by atoms with van der Waals surface area (Å²) < 4.78 is 6.22. The van der Waals surface area contributed by atoms with Gasteiger partial charge in [-0.3, -0.25) is 5.41 Å². The average molecular weight is 260 g/mol. The van der Waals surface area contributed by atoms with Crippen LogP contribution in [0.25, 0.3) is 0 Å². The Morgan fingerprint density at radius 2 is 1.94 bits per heavy atom. The van der Waals surface area contributed by atoms with Gasteiger partial charge in [-0.25, -0.2) is 0 Å². The monoisotopic (exact) mass is 260 g/mol. The van der Waals surface area contributed by atoms with Crippen molar-refractivity contribution in [2.24, 2.45) is 0 Å². The van der Waals surface area contributed by atoms with Gasteiger partial charge in [-0.15, -0.1) is 11.8 Å². The van der Waals surface area contributed by atoms with E-state index in [1.807, 2.05) is 18.4 Å². The summed E-state index contributed by atoms with van der Waals surface area (Å²) in [5, 5.41) is 19.3. The van der Waals surface area contributed by atoms with Gasteiger partial charge < -0.3 is 9.94 Å². The van der Waals surface area contributed by atoms with Gasteiger partial charge in [-0.1, -0.05) is 0 Å². The Bertz CT molecular complexity index is 555. The first-order valence-electron chi connectivity index (χ1n) is 5.28. The second-order valence-corrected chi connectivity index (χ2v) is 4.38. The van der Waals surface area contributed by atoms with E-state index in [0.717, 1.165) is 5.56 Å². The predicted molar refractivity (Wildman–Crippen MR) is 72.3 cm³/mol. The third kappa shape index (κ3) is 3.01. The lowest BCUT2D eigenvalue weighted by Gasteiger charge is -2.06. The molecule has 0 saturated carbocycles. The van der Waals surface area contributed by atoms with Crippen LogP contribution in [0.15, 0.2) is 48.8 Å². The topological polar surface area (TPSA) is 60.0 Å². The standard InChI is InChI=1S/C13H12N2O2S/c1-18-13(14)10-4-6-11(7-5-10)17-12-3-2-8-15(16)9-12/h2-9,14H,1H3. The quantitative estimate of drug-likeness (QED) is 0.399. The molecule has 0 spiro atoms. The molecule has 0 bridgehead atoms. The Labute approximate surface area is 109 Å². The number of benzene rings is 1. The maximum absolute atomic E-state index is 11.1. The summed E-state index contributed by atoms with van der Waals surface area (Å²) in [6.45, 7) is 0. The van der Waals surface area contributed by atoms with E-state index < -0.39 is 0 Å². The first-order chi connectivity index (χ1) is 8.69. The number of pyridine rings is 1. The minimum Gasteiger partial charge on any atom is -0.619 e. The van der Waals surface area contributed by atoms with Gasteiger partial charge in [0.15, 0.2) is 11.9 Å². The summed E-state index contributed by atoms with van der Waals surface area (Å²) in [5.74, 6) is 1.12. The minimum atomic E-state index is 0.486. The normalized spacial score (nSPS) is 10.1. The number of aromatic nitrogens is 1. The summed E-state index contributed by atoms with van der Waals surface area (Å²) in [5.41, 5.74) is 0.849. The average Bonchev–Trinajstić information content (AvgIpc) is 2.39. The fourth-order valence-corrected chi connectivity index (χ4v) is 1.79. The van der Waals surface area contributed by atoms with Crippen molar-refractivity contribution in [3.63, 3.8) is 0 Å². The zero-order valence-electron chi connectivity index (χ0n) is 9.79. The zero-order valence-corrected chi connectivity index (χ0v) is 10.6. The number of thioether (sulfide) groups is 1. The molecule has 0 saturated heterocycles. The van der Waals surface area contributed by atoms with E-state index >= 15 is 0 Å². The van der Waals surface area contributed by atoms with Crippen LogP contribution in [0.3, 0.4) is 0 Å². The lowest BCUT2D eigenvalue weighted by atomic mass is 10.2. The van der Waals surface area contributed by atoms with Crippen molar-refractivity contribution in [3.05, 3.63) is 59.6 Å². The molecule has 0 aliphatic carbocycles. The molecule has 4 nitrogen and oxygen atoms in total. The molecule has 5 heteroatoms. The molecule has 0 aliphatic rings. The zero-order chi connectivity index (χ0) is 13.0. The Balaban J connectivity index is 2.13. The molecule has 2 aromatic rings. The molecule has 0 amide bonds. The molecule has 2 rings (SSSR count). The Morgan fingerprint density at radius 1 is 1.22 bits per heavy atom. The fraction of sp³-hybridized carbons (Fsp3) is 0.0769. The van der Waals surface area contributed by atoms with Gasteiger partial charge in [0.2, 0.25) is 6.20 Å². The number of ether oxygens (including phenoxy) is 1. The van der Waals surface area contributed by atoms with Crippen molar-refractivity contribution in [2.75, 3.05) is 6.26 Å². The fourth-order valence-electron chi connectivity index (χ4n) is 1.42. The van der Waals surface area contributed by atoms with E-state index in [2.05, 4.69) is 0 Å². The number of hydrogen-bond acceptors (Lipinski definition) is 4. The van der Waals surface area contributed by atoms with E-state index in [0.29, 0.717) is 21.3 Å². The molecule has 0 aliphatic heterocycles. The van der Waals surface area contributed by atoms with Crippen molar-refractivity contribution in [3.8, 4) is 11.5 Å². The van der Waals surface area contributed by atoms with Crippen molar-refractivity contribution in [1.82, 2.24) is 0 Å². The number of rotatable bonds is 3. The van der Waals surface area contributed by atoms with Crippen LogP contribution in [0.2, 0.25) is 0 Å². The number of nitrogens with one attached hydrogen (secondary N) is 1. The van der Waals surface area contributed by atoms with E-state index in [9.17, 15) is 5.21 Å². The van der Waals surface area contributed by atoms with Gasteiger partial charge in [0.05, 0.1) is 5.04 Å². The highest BCUT2D eigenvalue weighted by molar-refractivity contribution is 8.13. The summed E-state index contributed by atoms with van der Waals surface area (Å²) in [6.07, 6.45) is 4.62. The van der Waals surface area contributed by atoms with Crippen LogP contribution in [0.5, 0.6) is 11.5 Å². The first kappa shape index (κ1) is 12.4. The van der Waals surface area contributed by atoms with E-state index in [-0.39, 0.29) is 0 Å².